The number of H-pyrrole nitrogens is 1. The third-order valence-electron chi connectivity index (χ3n) is 6.01. The van der Waals surface area contributed by atoms with Crippen LogP contribution in [0.1, 0.15) is 5.82 Å². The molecule has 6 rings (SSSR count). The van der Waals surface area contributed by atoms with Crippen molar-refractivity contribution in [3.05, 3.63) is 59.9 Å². The molecule has 0 amide bonds. The average Bonchev–Trinajstić information content (AvgIpc) is 3.47. The number of pyridine rings is 1. The highest BCUT2D eigenvalue weighted by Gasteiger charge is 2.21. The van der Waals surface area contributed by atoms with E-state index in [0.717, 1.165) is 54.4 Å². The molecule has 5 aromatic rings. The van der Waals surface area contributed by atoms with Crippen molar-refractivity contribution in [1.29, 1.82) is 0 Å². The summed E-state index contributed by atoms with van der Waals surface area (Å²) in [5.74, 6) is 2.14. The molecule has 1 aliphatic heterocycles. The Balaban J connectivity index is 1.38. The van der Waals surface area contributed by atoms with Gasteiger partial charge in [0.25, 0.3) is 0 Å². The molecule has 1 aromatic carbocycles. The summed E-state index contributed by atoms with van der Waals surface area (Å²) in [5.41, 5.74) is 4.09. The highest BCUT2D eigenvalue weighted by Crippen LogP contribution is 2.26. The lowest BCUT2D eigenvalue weighted by Gasteiger charge is -2.32. The monoisotopic (exact) mass is 474 g/mol. The van der Waals surface area contributed by atoms with Crippen LogP contribution in [-0.2, 0) is 6.54 Å². The van der Waals surface area contributed by atoms with Crippen molar-refractivity contribution in [2.45, 2.75) is 6.54 Å². The number of fused-ring (bicyclic) bond motifs is 2. The molecular weight excluding hydrogens is 452 g/mol. The zero-order valence-corrected chi connectivity index (χ0v) is 19.4. The van der Waals surface area contributed by atoms with E-state index in [4.69, 9.17) is 21.6 Å². The lowest BCUT2D eigenvalue weighted by Crippen LogP contribution is -2.45. The number of piperazine rings is 1. The molecule has 0 radical (unpaired) electrons. The second kappa shape index (κ2) is 8.54. The van der Waals surface area contributed by atoms with Crippen molar-refractivity contribution in [2.75, 3.05) is 43.4 Å². The third kappa shape index (κ3) is 3.91. The summed E-state index contributed by atoms with van der Waals surface area (Å²) in [6.45, 7) is 4.13. The molecular formula is C23H23ClN10. The van der Waals surface area contributed by atoms with E-state index in [-0.39, 0.29) is 0 Å². The molecule has 0 atom stereocenters. The second-order valence-corrected chi connectivity index (χ2v) is 8.80. The number of hydrogen-bond acceptors (Lipinski definition) is 8. The van der Waals surface area contributed by atoms with E-state index < -0.39 is 0 Å². The Morgan fingerprint density at radius 1 is 1.09 bits per heavy atom. The Labute approximate surface area is 200 Å². The number of likely N-dealkylation sites (N-methyl/N-ethyl adjacent to an activating group) is 1. The first-order chi connectivity index (χ1) is 16.6. The van der Waals surface area contributed by atoms with Gasteiger partial charge < -0.3 is 20.1 Å². The molecule has 1 aliphatic rings. The highest BCUT2D eigenvalue weighted by molar-refractivity contribution is 6.31. The van der Waals surface area contributed by atoms with Gasteiger partial charge in [0.05, 0.1) is 29.5 Å². The lowest BCUT2D eigenvalue weighted by atomic mass is 10.3. The van der Waals surface area contributed by atoms with Crippen molar-refractivity contribution >= 4 is 45.6 Å². The molecule has 0 bridgehead atoms. The summed E-state index contributed by atoms with van der Waals surface area (Å²) in [5, 5.41) is 4.10. The first kappa shape index (κ1) is 20.8. The van der Waals surface area contributed by atoms with E-state index in [1.165, 1.54) is 0 Å². The Morgan fingerprint density at radius 2 is 1.97 bits per heavy atom. The smallest absolute Gasteiger partial charge is 0.229 e. The van der Waals surface area contributed by atoms with Crippen LogP contribution in [0.5, 0.6) is 0 Å². The average molecular weight is 475 g/mol. The van der Waals surface area contributed by atoms with Crippen molar-refractivity contribution in [3.8, 4) is 5.69 Å². The van der Waals surface area contributed by atoms with Gasteiger partial charge in [-0.1, -0.05) is 11.6 Å². The van der Waals surface area contributed by atoms with Crippen LogP contribution in [0.15, 0.2) is 49.1 Å². The first-order valence-electron chi connectivity index (χ1n) is 11.1. The summed E-state index contributed by atoms with van der Waals surface area (Å²) in [4.78, 5) is 31.2. The van der Waals surface area contributed by atoms with Crippen LogP contribution in [0.3, 0.4) is 0 Å². The van der Waals surface area contributed by atoms with Crippen LogP contribution in [0.4, 0.5) is 11.8 Å². The molecule has 4 aromatic heterocycles. The molecule has 11 heteroatoms. The van der Waals surface area contributed by atoms with Crippen molar-refractivity contribution in [3.63, 3.8) is 0 Å². The molecule has 0 saturated carbocycles. The number of anilines is 2. The number of aromatic nitrogens is 7. The number of halogens is 1. The summed E-state index contributed by atoms with van der Waals surface area (Å²) >= 11 is 6.12. The van der Waals surface area contributed by atoms with E-state index in [9.17, 15) is 0 Å². The van der Waals surface area contributed by atoms with Crippen LogP contribution in [0.25, 0.3) is 27.9 Å². The number of benzene rings is 1. The quantitative estimate of drug-likeness (QED) is 0.400. The van der Waals surface area contributed by atoms with E-state index in [1.54, 1.807) is 18.7 Å². The van der Waals surface area contributed by atoms with Crippen LogP contribution >= 0.6 is 11.6 Å². The summed E-state index contributed by atoms with van der Waals surface area (Å²) < 4.78 is 1.94. The number of nitrogens with zero attached hydrogens (tertiary/aromatic N) is 8. The van der Waals surface area contributed by atoms with Crippen molar-refractivity contribution in [1.82, 2.24) is 39.4 Å². The van der Waals surface area contributed by atoms with E-state index in [0.29, 0.717) is 28.9 Å². The van der Waals surface area contributed by atoms with Gasteiger partial charge in [-0.15, -0.1) is 0 Å². The standard InChI is InChI=1S/C23H23ClN10/c1-32-7-9-33(10-8-32)23-30-21(26-13-19-28-17-5-4-15(24)11-18(17)29-19)20-22(31-23)34(14-27-20)16-3-2-6-25-12-16/h2-6,11-12,14H,7-10,13H2,1H3,(H,28,29)(H,26,30,31). The van der Waals surface area contributed by atoms with Crippen LogP contribution < -0.4 is 10.2 Å². The molecule has 0 unspecified atom stereocenters. The van der Waals surface area contributed by atoms with E-state index >= 15 is 0 Å². The molecule has 5 heterocycles. The zero-order chi connectivity index (χ0) is 23.1. The van der Waals surface area contributed by atoms with E-state index in [1.807, 2.05) is 34.9 Å². The number of aromatic amines is 1. The minimum atomic E-state index is 0.459. The Kier molecular flexibility index (Phi) is 5.23. The summed E-state index contributed by atoms with van der Waals surface area (Å²) in [7, 11) is 2.13. The maximum atomic E-state index is 6.12. The Morgan fingerprint density at radius 3 is 2.79 bits per heavy atom. The van der Waals surface area contributed by atoms with Gasteiger partial charge in [0.2, 0.25) is 5.95 Å². The van der Waals surface area contributed by atoms with Crippen LogP contribution in [0.2, 0.25) is 5.02 Å². The molecule has 10 nitrogen and oxygen atoms in total. The second-order valence-electron chi connectivity index (χ2n) is 8.36. The minimum Gasteiger partial charge on any atom is -0.361 e. The maximum absolute atomic E-state index is 6.12. The van der Waals surface area contributed by atoms with Gasteiger partial charge >= 0.3 is 0 Å². The molecule has 1 fully saturated rings. The Hall–Kier alpha value is -3.76. The van der Waals surface area contributed by atoms with Crippen LogP contribution in [-0.4, -0.2) is 72.6 Å². The molecule has 0 spiro atoms. The first-order valence-corrected chi connectivity index (χ1v) is 11.5. The minimum absolute atomic E-state index is 0.459. The van der Waals surface area contributed by atoms with Crippen molar-refractivity contribution < 1.29 is 0 Å². The molecule has 1 saturated heterocycles. The predicted molar refractivity (Wildman–Crippen MR) is 133 cm³/mol. The fourth-order valence-corrected chi connectivity index (χ4v) is 4.30. The van der Waals surface area contributed by atoms with Gasteiger partial charge in [-0.3, -0.25) is 9.55 Å². The van der Waals surface area contributed by atoms with Gasteiger partial charge in [-0.2, -0.15) is 9.97 Å². The normalized spacial score (nSPS) is 14.8. The summed E-state index contributed by atoms with van der Waals surface area (Å²) in [6, 6.07) is 9.50. The molecule has 2 N–H and O–H groups in total. The number of rotatable bonds is 5. The van der Waals surface area contributed by atoms with Gasteiger partial charge in [0.15, 0.2) is 17.0 Å². The van der Waals surface area contributed by atoms with E-state index in [2.05, 4.69) is 42.1 Å². The lowest BCUT2D eigenvalue weighted by molar-refractivity contribution is 0.311. The van der Waals surface area contributed by atoms with Gasteiger partial charge in [-0.05, 0) is 37.4 Å². The SMILES string of the molecule is CN1CCN(c2nc(NCc3nc4ccc(Cl)cc4[nH]3)c3ncn(-c4cccnc4)c3n2)CC1. The van der Waals surface area contributed by atoms with Crippen LogP contribution in [0, 0.1) is 0 Å². The van der Waals surface area contributed by atoms with Gasteiger partial charge in [0, 0.05) is 37.4 Å². The maximum Gasteiger partial charge on any atom is 0.229 e. The van der Waals surface area contributed by atoms with Gasteiger partial charge in [-0.25, -0.2) is 9.97 Å². The predicted octanol–water partition coefficient (Wildman–Crippen LogP) is 3.10. The Bertz CT molecular complexity index is 1450. The van der Waals surface area contributed by atoms with Crippen molar-refractivity contribution in [2.24, 2.45) is 0 Å². The fourth-order valence-electron chi connectivity index (χ4n) is 4.13. The number of nitrogens with one attached hydrogen (secondary N) is 2. The molecule has 34 heavy (non-hydrogen) atoms. The topological polar surface area (TPSA) is 104 Å². The molecule has 0 aliphatic carbocycles. The number of hydrogen-bond donors (Lipinski definition) is 2. The third-order valence-corrected chi connectivity index (χ3v) is 6.25. The molecule has 172 valence electrons. The zero-order valence-electron chi connectivity index (χ0n) is 18.6. The van der Waals surface area contributed by atoms with Gasteiger partial charge in [0.1, 0.15) is 12.2 Å². The summed E-state index contributed by atoms with van der Waals surface area (Å²) in [6.07, 6.45) is 5.31. The highest BCUT2D eigenvalue weighted by atomic mass is 35.5. The fraction of sp³-hybridized carbons (Fsp3) is 0.261. The largest absolute Gasteiger partial charge is 0.361 e. The number of imidazole rings is 2.